The van der Waals surface area contributed by atoms with Crippen molar-refractivity contribution < 1.29 is 0 Å². The molecule has 25 aromatic rings. The van der Waals surface area contributed by atoms with Gasteiger partial charge in [0.2, 0.25) is 0 Å². The van der Waals surface area contributed by atoms with E-state index in [4.69, 9.17) is 39.9 Å². The lowest BCUT2D eigenvalue weighted by Crippen LogP contribution is -2.00. The highest BCUT2D eigenvalue weighted by Crippen LogP contribution is 2.48. The molecule has 0 fully saturated rings. The summed E-state index contributed by atoms with van der Waals surface area (Å²) < 4.78 is 9.86. The molecule has 0 aliphatic carbocycles. The second-order valence-electron chi connectivity index (χ2n) is 30.4. The number of rotatable bonds is 10. The third-order valence-corrected chi connectivity index (χ3v) is 26.5. The molecule has 0 aliphatic rings. The van der Waals surface area contributed by atoms with E-state index in [1.165, 1.54) is 109 Å². The van der Waals surface area contributed by atoms with Crippen LogP contribution in [0.2, 0.25) is 0 Å². The maximum Gasteiger partial charge on any atom is 0.164 e. The van der Waals surface area contributed by atoms with Crippen molar-refractivity contribution in [3.05, 3.63) is 406 Å². The lowest BCUT2D eigenvalue weighted by Gasteiger charge is -2.12. The number of thiophene rings is 3. The van der Waals surface area contributed by atoms with E-state index in [0.29, 0.717) is 23.3 Å². The fourth-order valence-corrected chi connectivity index (χ4v) is 20.9. The van der Waals surface area contributed by atoms with Gasteiger partial charge >= 0.3 is 0 Å². The van der Waals surface area contributed by atoms with E-state index in [1.54, 1.807) is 22.7 Å². The molecule has 0 N–H and O–H groups in total. The van der Waals surface area contributed by atoms with Crippen LogP contribution in [0.1, 0.15) is 0 Å². The number of hydrogen-bond acceptors (Lipinski definition) is 11. The molecule has 0 unspecified atom stereocenters. The summed E-state index contributed by atoms with van der Waals surface area (Å²) in [5.41, 5.74) is 20.5. The molecule has 0 spiro atoms. The minimum atomic E-state index is 0.632. The van der Waals surface area contributed by atoms with Crippen LogP contribution in [0.25, 0.3) is 233 Å². The highest BCUT2D eigenvalue weighted by Gasteiger charge is 2.24. The molecule has 0 radical (unpaired) electrons. The Morgan fingerprint density at radius 1 is 0.189 bits per heavy atom. The van der Waals surface area contributed by atoms with Gasteiger partial charge in [0.1, 0.15) is 0 Å². The second kappa shape index (κ2) is 30.5. The van der Waals surface area contributed by atoms with Crippen LogP contribution in [0, 0.1) is 0 Å². The molecule has 0 saturated heterocycles. The Kier molecular flexibility index (Phi) is 18.0. The summed E-state index contributed by atoms with van der Waals surface area (Å²) in [6, 6.07) is 142. The normalized spacial score (nSPS) is 11.6. The van der Waals surface area contributed by atoms with Gasteiger partial charge < -0.3 is 4.57 Å². The lowest BCUT2D eigenvalue weighted by atomic mass is 10.0. The van der Waals surface area contributed by atoms with Crippen molar-refractivity contribution in [3.8, 4) is 108 Å². The first-order valence-electron chi connectivity index (χ1n) is 40.7. The van der Waals surface area contributed by atoms with Gasteiger partial charge in [0.15, 0.2) is 23.3 Å². The highest BCUT2D eigenvalue weighted by molar-refractivity contribution is 7.27. The van der Waals surface area contributed by atoms with Gasteiger partial charge in [-0.25, -0.2) is 39.9 Å². The van der Waals surface area contributed by atoms with Gasteiger partial charge in [-0.3, -0.25) is 0 Å². The Morgan fingerprint density at radius 2 is 0.508 bits per heavy atom. The van der Waals surface area contributed by atoms with Crippen LogP contribution < -0.4 is 0 Å². The van der Waals surface area contributed by atoms with Crippen LogP contribution in [0.3, 0.4) is 0 Å². The molecule has 0 amide bonds. The van der Waals surface area contributed by atoms with E-state index in [0.717, 1.165) is 101 Å². The zero-order valence-electron chi connectivity index (χ0n) is 65.4. The molecule has 9 heterocycles. The minimum absolute atomic E-state index is 0.632. The Morgan fingerprint density at radius 3 is 0.951 bits per heavy atom. The van der Waals surface area contributed by atoms with E-state index in [2.05, 4.69) is 314 Å². The molecule has 0 aliphatic heterocycles. The Hall–Kier alpha value is -15.4. The highest BCUT2D eigenvalue weighted by atomic mass is 32.1. The summed E-state index contributed by atoms with van der Waals surface area (Å²) in [6.07, 6.45) is 0. The number of hydrogen-bond donors (Lipinski definition) is 0. The summed E-state index contributed by atoms with van der Waals surface area (Å²) >= 11 is 5.44. The van der Waals surface area contributed by atoms with Crippen LogP contribution >= 0.6 is 34.0 Å². The van der Waals surface area contributed by atoms with Gasteiger partial charge in [-0.15, -0.1) is 34.0 Å². The summed E-state index contributed by atoms with van der Waals surface area (Å²) in [6.45, 7) is 0. The maximum absolute atomic E-state index is 5.26. The van der Waals surface area contributed by atoms with Crippen molar-refractivity contribution in [1.29, 1.82) is 0 Å². The molecule has 9 aromatic heterocycles. The third kappa shape index (κ3) is 12.9. The summed E-state index contributed by atoms with van der Waals surface area (Å²) in [5, 5.41) is 16.3. The zero-order valence-corrected chi connectivity index (χ0v) is 67.9. The fourth-order valence-electron chi connectivity index (χ4n) is 17.3. The SMILES string of the molecule is c1cc(-c2nc3ccccc3c3c2sc2ccccc23)cc(-n2c3ccccc3c3cc4ccccc4cc32)c1.c1ccc(-c2cc(-c3ccccc3)nc(-c3cccc(-c4nc5ccccc5c5c4sc4ccccc45)c3)n2)cc1.c1ccc(-c2nc(-c3ccccc3)nc(-c3cccc(-c4nc5ccccc5c5c4sc4ccccc45)c3)n2)cc1. The molecule has 0 saturated carbocycles. The quantitative estimate of drug-likeness (QED) is 0.133. The Labute approximate surface area is 712 Å². The minimum Gasteiger partial charge on any atom is -0.309 e. The molecule has 25 rings (SSSR count). The number of aromatic nitrogens is 9. The largest absolute Gasteiger partial charge is 0.309 e. The topological polar surface area (TPSA) is 108 Å². The van der Waals surface area contributed by atoms with Crippen LogP contribution in [0.5, 0.6) is 0 Å². The number of para-hydroxylation sites is 4. The van der Waals surface area contributed by atoms with Gasteiger partial charge in [0.25, 0.3) is 0 Å². The second-order valence-corrected chi connectivity index (χ2v) is 33.5. The first-order valence-corrected chi connectivity index (χ1v) is 43.1. The number of nitrogens with zero attached hydrogens (tertiary/aromatic N) is 9. The van der Waals surface area contributed by atoms with E-state index in [9.17, 15) is 0 Å². The average molecular weight is 1610 g/mol. The van der Waals surface area contributed by atoms with Crippen molar-refractivity contribution in [3.63, 3.8) is 0 Å². The van der Waals surface area contributed by atoms with Crippen LogP contribution in [-0.2, 0) is 0 Å². The standard InChI is InChI=1S/C37H23N3S.C37H22N2S.C36H22N4S/c1-3-12-24(13-4-1)31-23-32(25-14-5-2-6-15-25)40-37(39-31)27-17-11-16-26(22-27)35-36-34(28-18-7-9-20-30(28)38-35)29-19-8-10-21-33(29)41-36;1-2-11-24-22-33-30(21-23(24)10-1)27-14-4-7-18-32(27)39(33)26-13-9-12-25(20-26)36-37-35(28-15-3-6-17-31(28)38-36)29-16-5-8-19-34(29)40-37;1-3-12-23(13-4-1)34-38-35(24-14-5-2-6-15-24)40-36(39-34)26-17-11-16-25(22-26)32-33-31(27-18-7-9-20-29(27)37-32)28-19-8-10-21-30(28)41-33/h1-23H;1-22H;1-22H. The molecule has 570 valence electrons. The van der Waals surface area contributed by atoms with Crippen molar-refractivity contribution in [2.45, 2.75) is 0 Å². The molecular formula is C110H67N9S3. The number of fused-ring (bicyclic) bond motifs is 19. The maximum atomic E-state index is 5.26. The Bertz CT molecular complexity index is 7980. The van der Waals surface area contributed by atoms with Gasteiger partial charge in [0.05, 0.1) is 70.2 Å². The smallest absolute Gasteiger partial charge is 0.164 e. The average Bonchev–Trinajstić information content (AvgIpc) is 1.58. The first kappa shape index (κ1) is 71.8. The molecular weight excluding hydrogens is 1540 g/mol. The van der Waals surface area contributed by atoms with Crippen LogP contribution in [0.15, 0.2) is 406 Å². The monoisotopic (exact) mass is 1610 g/mol. The van der Waals surface area contributed by atoms with E-state index in [-0.39, 0.29) is 0 Å². The van der Waals surface area contributed by atoms with E-state index >= 15 is 0 Å². The number of benzene rings is 16. The van der Waals surface area contributed by atoms with Crippen molar-refractivity contribution >= 4 is 160 Å². The van der Waals surface area contributed by atoms with Crippen molar-refractivity contribution in [1.82, 2.24) is 44.4 Å². The zero-order chi connectivity index (χ0) is 80.6. The van der Waals surface area contributed by atoms with Crippen LogP contribution in [0.4, 0.5) is 0 Å². The third-order valence-electron chi connectivity index (χ3n) is 22.9. The first-order chi connectivity index (χ1) is 60.5. The molecule has 9 nitrogen and oxygen atoms in total. The van der Waals surface area contributed by atoms with Crippen LogP contribution in [-0.4, -0.2) is 44.4 Å². The summed E-state index contributed by atoms with van der Waals surface area (Å²) in [5.74, 6) is 2.62. The predicted molar refractivity (Wildman–Crippen MR) is 514 cm³/mol. The predicted octanol–water partition coefficient (Wildman–Crippen LogP) is 30.0. The Balaban J connectivity index is 0.000000106. The molecule has 0 bridgehead atoms. The van der Waals surface area contributed by atoms with Gasteiger partial charge in [0, 0.05) is 129 Å². The van der Waals surface area contributed by atoms with Crippen molar-refractivity contribution in [2.24, 2.45) is 0 Å². The lowest BCUT2D eigenvalue weighted by molar-refractivity contribution is 1.07. The summed E-state index contributed by atoms with van der Waals surface area (Å²) in [4.78, 5) is 40.5. The molecule has 16 aromatic carbocycles. The molecule has 0 atom stereocenters. The molecule has 122 heavy (non-hydrogen) atoms. The van der Waals surface area contributed by atoms with E-state index in [1.807, 2.05) is 108 Å². The van der Waals surface area contributed by atoms with E-state index < -0.39 is 0 Å². The fraction of sp³-hybridized carbons (Fsp3) is 0. The van der Waals surface area contributed by atoms with Gasteiger partial charge in [-0.1, -0.05) is 322 Å². The van der Waals surface area contributed by atoms with Gasteiger partial charge in [-0.2, -0.15) is 0 Å². The number of pyridine rings is 3. The van der Waals surface area contributed by atoms with Gasteiger partial charge in [-0.05, 0) is 95.7 Å². The van der Waals surface area contributed by atoms with Crippen molar-refractivity contribution in [2.75, 3.05) is 0 Å². The molecule has 12 heteroatoms. The summed E-state index contributed by atoms with van der Waals surface area (Å²) in [7, 11) is 0.